The Bertz CT molecular complexity index is 585. The zero-order valence-electron chi connectivity index (χ0n) is 10.1. The van der Waals surface area contributed by atoms with Gasteiger partial charge in [-0.05, 0) is 19.4 Å². The molecule has 1 N–H and O–H groups in total. The number of carboxylic acid groups (broad SMARTS) is 1. The van der Waals surface area contributed by atoms with Crippen molar-refractivity contribution in [2.45, 2.75) is 13.8 Å². The van der Waals surface area contributed by atoms with Gasteiger partial charge >= 0.3 is 5.97 Å². The highest BCUT2D eigenvalue weighted by Gasteiger charge is 2.18. The van der Waals surface area contributed by atoms with Crippen molar-refractivity contribution in [1.29, 1.82) is 0 Å². The van der Waals surface area contributed by atoms with E-state index in [1.54, 1.807) is 11.6 Å². The number of nitrogens with zero attached hydrogens (tertiary/aromatic N) is 2. The quantitative estimate of drug-likeness (QED) is 0.861. The first-order chi connectivity index (χ1) is 8.00. The van der Waals surface area contributed by atoms with Crippen LogP contribution in [0.1, 0.15) is 21.6 Å². The van der Waals surface area contributed by atoms with Gasteiger partial charge in [-0.3, -0.25) is 0 Å². The molecule has 0 aliphatic heterocycles. The summed E-state index contributed by atoms with van der Waals surface area (Å²) < 4.78 is 1.74. The van der Waals surface area contributed by atoms with Crippen molar-refractivity contribution >= 4 is 5.97 Å². The summed E-state index contributed by atoms with van der Waals surface area (Å²) >= 11 is 0. The van der Waals surface area contributed by atoms with Crippen LogP contribution in [0.25, 0.3) is 11.3 Å². The zero-order chi connectivity index (χ0) is 12.6. The Morgan fingerprint density at radius 1 is 1.35 bits per heavy atom. The molecule has 1 aromatic heterocycles. The Hall–Kier alpha value is -2.10. The highest BCUT2D eigenvalue weighted by Crippen LogP contribution is 2.26. The average Bonchev–Trinajstić information content (AvgIpc) is 2.60. The zero-order valence-corrected chi connectivity index (χ0v) is 10.1. The van der Waals surface area contributed by atoms with Crippen molar-refractivity contribution in [3.8, 4) is 11.3 Å². The van der Waals surface area contributed by atoms with E-state index < -0.39 is 5.97 Å². The summed E-state index contributed by atoms with van der Waals surface area (Å²) in [6, 6.07) is 5.95. The summed E-state index contributed by atoms with van der Waals surface area (Å²) in [6.45, 7) is 3.99. The molecule has 1 heterocycles. The van der Waals surface area contributed by atoms with Crippen molar-refractivity contribution in [2.24, 2.45) is 7.05 Å². The molecular formula is C13H14N2O2. The molecule has 0 fully saturated rings. The number of aromatic carboxylic acids is 1. The number of hydrogen-bond donors (Lipinski definition) is 1. The lowest BCUT2D eigenvalue weighted by atomic mass is 10.0. The third-order valence-corrected chi connectivity index (χ3v) is 2.78. The van der Waals surface area contributed by atoms with Crippen LogP contribution in [0.4, 0.5) is 0 Å². The van der Waals surface area contributed by atoms with Crippen LogP contribution in [0.5, 0.6) is 0 Å². The van der Waals surface area contributed by atoms with Gasteiger partial charge in [0.05, 0.1) is 12.0 Å². The van der Waals surface area contributed by atoms with E-state index in [0.29, 0.717) is 5.69 Å². The SMILES string of the molecule is Cc1ccc(-c2c(C(=O)O)ncn2C)c(C)c1. The van der Waals surface area contributed by atoms with Gasteiger partial charge in [-0.2, -0.15) is 0 Å². The van der Waals surface area contributed by atoms with E-state index in [4.69, 9.17) is 5.11 Å². The van der Waals surface area contributed by atoms with E-state index in [0.717, 1.165) is 16.7 Å². The highest BCUT2D eigenvalue weighted by atomic mass is 16.4. The number of aryl methyl sites for hydroxylation is 3. The highest BCUT2D eigenvalue weighted by molar-refractivity contribution is 5.93. The molecule has 0 unspecified atom stereocenters. The monoisotopic (exact) mass is 230 g/mol. The Morgan fingerprint density at radius 2 is 2.06 bits per heavy atom. The van der Waals surface area contributed by atoms with E-state index in [1.165, 1.54) is 6.33 Å². The summed E-state index contributed by atoms with van der Waals surface area (Å²) in [6.07, 6.45) is 1.53. The summed E-state index contributed by atoms with van der Waals surface area (Å²) in [4.78, 5) is 15.0. The maximum absolute atomic E-state index is 11.1. The van der Waals surface area contributed by atoms with Crippen LogP contribution in [0.2, 0.25) is 0 Å². The minimum atomic E-state index is -0.999. The van der Waals surface area contributed by atoms with Gasteiger partial charge in [-0.25, -0.2) is 9.78 Å². The van der Waals surface area contributed by atoms with Crippen LogP contribution in [-0.2, 0) is 7.05 Å². The first-order valence-electron chi connectivity index (χ1n) is 5.33. The largest absolute Gasteiger partial charge is 0.476 e. The van der Waals surface area contributed by atoms with Gasteiger partial charge < -0.3 is 9.67 Å². The molecule has 0 saturated heterocycles. The van der Waals surface area contributed by atoms with Crippen LogP contribution in [0.15, 0.2) is 24.5 Å². The van der Waals surface area contributed by atoms with Crippen LogP contribution in [0, 0.1) is 13.8 Å². The van der Waals surface area contributed by atoms with Gasteiger partial charge in [0.25, 0.3) is 0 Å². The van der Waals surface area contributed by atoms with Crippen LogP contribution in [-0.4, -0.2) is 20.6 Å². The minimum absolute atomic E-state index is 0.0967. The summed E-state index contributed by atoms with van der Waals surface area (Å²) in [7, 11) is 1.80. The average molecular weight is 230 g/mol. The van der Waals surface area contributed by atoms with E-state index in [9.17, 15) is 4.79 Å². The molecule has 0 aliphatic carbocycles. The van der Waals surface area contributed by atoms with Gasteiger partial charge in [0, 0.05) is 12.6 Å². The van der Waals surface area contributed by atoms with E-state index in [2.05, 4.69) is 4.98 Å². The molecule has 1 aromatic carbocycles. The normalized spacial score (nSPS) is 10.5. The summed E-state index contributed by atoms with van der Waals surface area (Å²) in [5, 5.41) is 9.11. The van der Waals surface area contributed by atoms with Gasteiger partial charge in [0.15, 0.2) is 5.69 Å². The molecule has 17 heavy (non-hydrogen) atoms. The molecule has 4 nitrogen and oxygen atoms in total. The van der Waals surface area contributed by atoms with Crippen molar-refractivity contribution in [3.63, 3.8) is 0 Å². The minimum Gasteiger partial charge on any atom is -0.476 e. The maximum Gasteiger partial charge on any atom is 0.356 e. The second kappa shape index (κ2) is 4.05. The fraction of sp³-hybridized carbons (Fsp3) is 0.231. The third-order valence-electron chi connectivity index (χ3n) is 2.78. The number of imidazole rings is 1. The molecule has 0 atom stereocenters. The molecule has 0 spiro atoms. The van der Waals surface area contributed by atoms with Gasteiger partial charge in [0.2, 0.25) is 0 Å². The van der Waals surface area contributed by atoms with Crippen molar-refractivity contribution < 1.29 is 9.90 Å². The van der Waals surface area contributed by atoms with E-state index in [1.807, 2.05) is 32.0 Å². The number of carboxylic acids is 1. The molecule has 0 bridgehead atoms. The Balaban J connectivity index is 2.67. The molecule has 2 rings (SSSR count). The van der Waals surface area contributed by atoms with Crippen molar-refractivity contribution in [3.05, 3.63) is 41.3 Å². The summed E-state index contributed by atoms with van der Waals surface area (Å²) in [5.41, 5.74) is 3.86. The second-order valence-electron chi connectivity index (χ2n) is 4.18. The fourth-order valence-electron chi connectivity index (χ4n) is 1.98. The van der Waals surface area contributed by atoms with E-state index in [-0.39, 0.29) is 5.69 Å². The smallest absolute Gasteiger partial charge is 0.356 e. The van der Waals surface area contributed by atoms with Crippen LogP contribution < -0.4 is 0 Å². The first-order valence-corrected chi connectivity index (χ1v) is 5.33. The van der Waals surface area contributed by atoms with Crippen LogP contribution >= 0.6 is 0 Å². The fourth-order valence-corrected chi connectivity index (χ4v) is 1.98. The molecule has 2 aromatic rings. The molecule has 0 radical (unpaired) electrons. The number of carbonyl (C=O) groups is 1. The molecule has 0 amide bonds. The molecule has 88 valence electrons. The first kappa shape index (κ1) is 11.4. The lowest BCUT2D eigenvalue weighted by Crippen LogP contribution is -2.02. The predicted molar refractivity (Wildman–Crippen MR) is 65.1 cm³/mol. The molecule has 0 aliphatic rings. The van der Waals surface area contributed by atoms with Crippen molar-refractivity contribution in [1.82, 2.24) is 9.55 Å². The Labute approximate surface area is 99.5 Å². The number of aromatic nitrogens is 2. The molecule has 4 heteroatoms. The maximum atomic E-state index is 11.1. The predicted octanol–water partition coefficient (Wildman–Crippen LogP) is 2.40. The van der Waals surface area contributed by atoms with Gasteiger partial charge in [-0.15, -0.1) is 0 Å². The second-order valence-corrected chi connectivity index (χ2v) is 4.18. The number of rotatable bonds is 2. The third kappa shape index (κ3) is 1.93. The standard InChI is InChI=1S/C13H14N2O2/c1-8-4-5-10(9(2)6-8)12-11(13(16)17)14-7-15(12)3/h4-7H,1-3H3,(H,16,17). The lowest BCUT2D eigenvalue weighted by Gasteiger charge is -2.08. The van der Waals surface area contributed by atoms with Gasteiger partial charge in [0.1, 0.15) is 0 Å². The van der Waals surface area contributed by atoms with Crippen molar-refractivity contribution in [2.75, 3.05) is 0 Å². The Kier molecular flexibility index (Phi) is 2.71. The van der Waals surface area contributed by atoms with Gasteiger partial charge in [-0.1, -0.05) is 23.8 Å². The lowest BCUT2D eigenvalue weighted by molar-refractivity contribution is 0.0692. The van der Waals surface area contributed by atoms with E-state index >= 15 is 0 Å². The number of hydrogen-bond acceptors (Lipinski definition) is 2. The molecular weight excluding hydrogens is 216 g/mol. The number of benzene rings is 1. The van der Waals surface area contributed by atoms with Crippen LogP contribution in [0.3, 0.4) is 0 Å². The summed E-state index contributed by atoms with van der Waals surface area (Å²) in [5.74, 6) is -0.999. The topological polar surface area (TPSA) is 55.1 Å². The molecule has 0 saturated carbocycles. The Morgan fingerprint density at radius 3 is 2.65 bits per heavy atom.